The van der Waals surface area contributed by atoms with Crippen molar-refractivity contribution in [2.75, 3.05) is 14.1 Å². The van der Waals surface area contributed by atoms with E-state index in [1.165, 1.54) is 4.31 Å². The predicted molar refractivity (Wildman–Crippen MR) is 111 cm³/mol. The molecule has 0 aliphatic rings. The number of amides is 1. The SMILES string of the molecule is Cc1ccc(S(=O)(=O)N(C)Cc2ccc(C(=O)N(C)Cc3ccco3)cc2)cc1. The normalized spacial score (nSPS) is 11.6. The van der Waals surface area contributed by atoms with E-state index in [4.69, 9.17) is 4.42 Å². The summed E-state index contributed by atoms with van der Waals surface area (Å²) in [6, 6.07) is 17.3. The molecule has 152 valence electrons. The Bertz CT molecular complexity index is 1060. The number of hydrogen-bond donors (Lipinski definition) is 0. The number of nitrogens with zero attached hydrogens (tertiary/aromatic N) is 2. The first-order valence-corrected chi connectivity index (χ1v) is 10.6. The van der Waals surface area contributed by atoms with Crippen LogP contribution in [0.5, 0.6) is 0 Å². The zero-order valence-corrected chi connectivity index (χ0v) is 17.5. The lowest BCUT2D eigenvalue weighted by atomic mass is 10.1. The zero-order valence-electron chi connectivity index (χ0n) is 16.7. The van der Waals surface area contributed by atoms with Gasteiger partial charge in [-0.3, -0.25) is 4.79 Å². The van der Waals surface area contributed by atoms with Gasteiger partial charge in [0, 0.05) is 26.2 Å². The van der Waals surface area contributed by atoms with Crippen LogP contribution in [0.3, 0.4) is 0 Å². The number of furan rings is 1. The van der Waals surface area contributed by atoms with Crippen molar-refractivity contribution in [3.8, 4) is 0 Å². The fourth-order valence-corrected chi connectivity index (χ4v) is 4.07. The molecule has 0 saturated heterocycles. The Morgan fingerprint density at radius 3 is 2.17 bits per heavy atom. The number of rotatable bonds is 7. The molecule has 0 unspecified atom stereocenters. The predicted octanol–water partition coefficient (Wildman–Crippen LogP) is 3.68. The van der Waals surface area contributed by atoms with Crippen molar-refractivity contribution >= 4 is 15.9 Å². The smallest absolute Gasteiger partial charge is 0.254 e. The second-order valence-electron chi connectivity index (χ2n) is 7.01. The van der Waals surface area contributed by atoms with Crippen LogP contribution in [0.25, 0.3) is 0 Å². The number of hydrogen-bond acceptors (Lipinski definition) is 4. The molecule has 29 heavy (non-hydrogen) atoms. The molecule has 1 amide bonds. The van der Waals surface area contributed by atoms with Gasteiger partial charge in [-0.2, -0.15) is 4.31 Å². The maximum absolute atomic E-state index is 12.7. The number of carbonyl (C=O) groups excluding carboxylic acids is 1. The molecule has 3 rings (SSSR count). The average Bonchev–Trinajstić information content (AvgIpc) is 3.21. The van der Waals surface area contributed by atoms with Gasteiger partial charge in [-0.05, 0) is 48.9 Å². The minimum Gasteiger partial charge on any atom is -0.467 e. The lowest BCUT2D eigenvalue weighted by Crippen LogP contribution is -2.27. The van der Waals surface area contributed by atoms with Crippen molar-refractivity contribution in [1.82, 2.24) is 9.21 Å². The Kier molecular flexibility index (Phi) is 6.20. The summed E-state index contributed by atoms with van der Waals surface area (Å²) in [7, 11) is -0.319. The van der Waals surface area contributed by atoms with E-state index in [1.807, 2.05) is 13.0 Å². The maximum Gasteiger partial charge on any atom is 0.254 e. The zero-order chi connectivity index (χ0) is 21.0. The van der Waals surface area contributed by atoms with Crippen molar-refractivity contribution in [2.45, 2.75) is 24.9 Å². The first-order valence-electron chi connectivity index (χ1n) is 9.17. The van der Waals surface area contributed by atoms with Crippen molar-refractivity contribution in [1.29, 1.82) is 0 Å². The fraction of sp³-hybridized carbons (Fsp3) is 0.227. The number of benzene rings is 2. The summed E-state index contributed by atoms with van der Waals surface area (Å²) in [6.07, 6.45) is 1.57. The van der Waals surface area contributed by atoms with Crippen LogP contribution in [0.4, 0.5) is 0 Å². The molecule has 6 nitrogen and oxygen atoms in total. The Balaban J connectivity index is 1.66. The Labute approximate surface area is 171 Å². The minimum atomic E-state index is -3.58. The summed E-state index contributed by atoms with van der Waals surface area (Å²) in [5, 5.41) is 0. The van der Waals surface area contributed by atoms with Crippen molar-refractivity contribution in [3.63, 3.8) is 0 Å². The Morgan fingerprint density at radius 1 is 0.931 bits per heavy atom. The van der Waals surface area contributed by atoms with Gasteiger partial charge in [0.05, 0.1) is 17.7 Å². The molecular formula is C22H24N2O4S. The summed E-state index contributed by atoms with van der Waals surface area (Å²) in [6.45, 7) is 2.51. The highest BCUT2D eigenvalue weighted by Gasteiger charge is 2.21. The molecule has 0 N–H and O–H groups in total. The molecule has 1 aromatic heterocycles. The number of aryl methyl sites for hydroxylation is 1. The summed E-state index contributed by atoms with van der Waals surface area (Å²) < 4.78 is 32.0. The van der Waals surface area contributed by atoms with E-state index in [9.17, 15) is 13.2 Å². The highest BCUT2D eigenvalue weighted by molar-refractivity contribution is 7.89. The van der Waals surface area contributed by atoms with E-state index in [0.29, 0.717) is 17.9 Å². The van der Waals surface area contributed by atoms with Crippen molar-refractivity contribution < 1.29 is 17.6 Å². The molecule has 0 spiro atoms. The third-order valence-electron chi connectivity index (χ3n) is 4.66. The molecule has 0 aliphatic carbocycles. The molecule has 3 aromatic rings. The standard InChI is InChI=1S/C22H24N2O4S/c1-17-6-12-21(13-7-17)29(26,27)24(3)15-18-8-10-19(11-9-18)22(25)23(2)16-20-5-4-14-28-20/h4-14H,15-16H2,1-3H3. The molecular weight excluding hydrogens is 388 g/mol. The first kappa shape index (κ1) is 20.8. The largest absolute Gasteiger partial charge is 0.467 e. The molecule has 1 heterocycles. The lowest BCUT2D eigenvalue weighted by Gasteiger charge is -2.18. The summed E-state index contributed by atoms with van der Waals surface area (Å²) in [5.74, 6) is 0.578. The molecule has 0 aliphatic heterocycles. The number of sulfonamides is 1. The highest BCUT2D eigenvalue weighted by atomic mass is 32.2. The maximum atomic E-state index is 12.7. The van der Waals surface area contributed by atoms with Gasteiger partial charge in [-0.15, -0.1) is 0 Å². The van der Waals surface area contributed by atoms with Crippen LogP contribution in [0.15, 0.2) is 76.2 Å². The highest BCUT2D eigenvalue weighted by Crippen LogP contribution is 2.18. The quantitative estimate of drug-likeness (QED) is 0.594. The third-order valence-corrected chi connectivity index (χ3v) is 6.47. The molecule has 0 bridgehead atoms. The molecule has 2 aromatic carbocycles. The molecule has 0 radical (unpaired) electrons. The number of carbonyl (C=O) groups is 1. The lowest BCUT2D eigenvalue weighted by molar-refractivity contribution is 0.0775. The molecule has 0 fully saturated rings. The van der Waals surface area contributed by atoms with E-state index < -0.39 is 10.0 Å². The minimum absolute atomic E-state index is 0.131. The second kappa shape index (κ2) is 8.63. The molecule has 7 heteroatoms. The first-order chi connectivity index (χ1) is 13.8. The fourth-order valence-electron chi connectivity index (χ4n) is 2.91. The van der Waals surface area contributed by atoms with E-state index in [0.717, 1.165) is 11.1 Å². The van der Waals surface area contributed by atoms with Crippen molar-refractivity contribution in [2.24, 2.45) is 0 Å². The summed E-state index contributed by atoms with van der Waals surface area (Å²) in [5.41, 5.74) is 2.34. The topological polar surface area (TPSA) is 70.8 Å². The van der Waals surface area contributed by atoms with Crippen LogP contribution in [-0.2, 0) is 23.1 Å². The van der Waals surface area contributed by atoms with Crippen LogP contribution in [-0.4, -0.2) is 37.6 Å². The Morgan fingerprint density at radius 2 is 1.59 bits per heavy atom. The van der Waals surface area contributed by atoms with Gasteiger partial charge in [0.25, 0.3) is 5.91 Å². The van der Waals surface area contributed by atoms with Crippen LogP contribution >= 0.6 is 0 Å². The van der Waals surface area contributed by atoms with Crippen LogP contribution < -0.4 is 0 Å². The second-order valence-corrected chi connectivity index (χ2v) is 9.06. The van der Waals surface area contributed by atoms with Crippen LogP contribution in [0.1, 0.15) is 27.2 Å². The van der Waals surface area contributed by atoms with E-state index in [2.05, 4.69) is 0 Å². The van der Waals surface area contributed by atoms with Gasteiger partial charge in [0.1, 0.15) is 5.76 Å². The molecule has 0 saturated carbocycles. The van der Waals surface area contributed by atoms with E-state index in [1.54, 1.807) is 79.9 Å². The Hall–Kier alpha value is -2.90. The van der Waals surface area contributed by atoms with Gasteiger partial charge >= 0.3 is 0 Å². The molecule has 0 atom stereocenters. The third kappa shape index (κ3) is 4.93. The van der Waals surface area contributed by atoms with Gasteiger partial charge in [0.15, 0.2) is 0 Å². The van der Waals surface area contributed by atoms with Crippen LogP contribution in [0.2, 0.25) is 0 Å². The van der Waals surface area contributed by atoms with Crippen molar-refractivity contribution in [3.05, 3.63) is 89.4 Å². The summed E-state index contributed by atoms with van der Waals surface area (Å²) >= 11 is 0. The van der Waals surface area contributed by atoms with Gasteiger partial charge in [0.2, 0.25) is 10.0 Å². The van der Waals surface area contributed by atoms with Gasteiger partial charge in [-0.1, -0.05) is 29.8 Å². The van der Waals surface area contributed by atoms with E-state index in [-0.39, 0.29) is 17.3 Å². The van der Waals surface area contributed by atoms with Crippen LogP contribution in [0, 0.1) is 6.92 Å². The monoisotopic (exact) mass is 412 g/mol. The summed E-state index contributed by atoms with van der Waals surface area (Å²) in [4.78, 5) is 14.4. The van der Waals surface area contributed by atoms with E-state index >= 15 is 0 Å². The average molecular weight is 413 g/mol. The van der Waals surface area contributed by atoms with Gasteiger partial charge in [-0.25, -0.2) is 8.42 Å². The van der Waals surface area contributed by atoms with Gasteiger partial charge < -0.3 is 9.32 Å².